The van der Waals surface area contributed by atoms with Gasteiger partial charge < -0.3 is 5.73 Å². The number of nitrogens with zero attached hydrogens (tertiary/aromatic N) is 6. The van der Waals surface area contributed by atoms with Crippen LogP contribution in [0.4, 0.5) is 5.82 Å². The highest BCUT2D eigenvalue weighted by Crippen LogP contribution is 2.17. The van der Waals surface area contributed by atoms with E-state index in [4.69, 9.17) is 17.3 Å². The summed E-state index contributed by atoms with van der Waals surface area (Å²) in [6.45, 7) is 3.34. The number of anilines is 1. The lowest BCUT2D eigenvalue weighted by atomic mass is 10.1. The largest absolute Gasteiger partial charge is 0.378 e. The first-order valence-electron chi connectivity index (χ1n) is 7.09. The number of hydrazone groups is 1. The molecule has 2 aromatic heterocycles. The molecule has 1 aromatic carbocycles. The second-order valence-corrected chi connectivity index (χ2v) is 5.43. The van der Waals surface area contributed by atoms with Gasteiger partial charge in [-0.25, -0.2) is 10.1 Å². The average Bonchev–Trinajstić information content (AvgIpc) is 3.18. The van der Waals surface area contributed by atoms with Crippen molar-refractivity contribution < 1.29 is 9.42 Å². The van der Waals surface area contributed by atoms with Crippen molar-refractivity contribution in [2.75, 3.05) is 5.73 Å². The molecule has 0 aliphatic rings. The van der Waals surface area contributed by atoms with Crippen LogP contribution in [0.25, 0.3) is 5.82 Å². The predicted molar refractivity (Wildman–Crippen MR) is 89.5 cm³/mol. The number of nitrogens with two attached hydrogens (primary N) is 1. The van der Waals surface area contributed by atoms with E-state index in [0.29, 0.717) is 22.0 Å². The van der Waals surface area contributed by atoms with E-state index in [1.165, 1.54) is 0 Å². The Morgan fingerprint density at radius 1 is 1.36 bits per heavy atom. The van der Waals surface area contributed by atoms with Gasteiger partial charge in [0.25, 0.3) is 5.91 Å². The predicted octanol–water partition coefficient (Wildman–Crippen LogP) is 1.35. The van der Waals surface area contributed by atoms with Crippen molar-refractivity contribution in [1.29, 1.82) is 0 Å². The van der Waals surface area contributed by atoms with Gasteiger partial charge in [0.05, 0.1) is 11.4 Å². The molecule has 0 saturated heterocycles. The Morgan fingerprint density at radius 3 is 2.80 bits per heavy atom. The maximum atomic E-state index is 12.5. The number of nitrogens with one attached hydrogen (secondary N) is 1. The SMILES string of the molecule is C/C(=N/NC(=O)c1c(C)nnn1-c1nonc1N)c1ccccc1Cl. The third-order valence-electron chi connectivity index (χ3n) is 3.34. The van der Waals surface area contributed by atoms with Crippen LogP contribution in [0, 0.1) is 6.92 Å². The summed E-state index contributed by atoms with van der Waals surface area (Å²) in [4.78, 5) is 12.5. The van der Waals surface area contributed by atoms with Gasteiger partial charge in [0.15, 0.2) is 5.69 Å². The van der Waals surface area contributed by atoms with E-state index >= 15 is 0 Å². The van der Waals surface area contributed by atoms with Crippen LogP contribution in [0.1, 0.15) is 28.7 Å². The van der Waals surface area contributed by atoms with Gasteiger partial charge in [-0.2, -0.15) is 9.78 Å². The molecule has 0 aliphatic carbocycles. The summed E-state index contributed by atoms with van der Waals surface area (Å²) < 4.78 is 5.66. The van der Waals surface area contributed by atoms with Gasteiger partial charge in [0.2, 0.25) is 11.6 Å². The van der Waals surface area contributed by atoms with Crippen molar-refractivity contribution in [2.45, 2.75) is 13.8 Å². The van der Waals surface area contributed by atoms with Crippen LogP contribution in [0.3, 0.4) is 0 Å². The average molecular weight is 361 g/mol. The molecule has 0 saturated carbocycles. The van der Waals surface area contributed by atoms with E-state index in [1.807, 2.05) is 12.1 Å². The quantitative estimate of drug-likeness (QED) is 0.529. The fraction of sp³-hybridized carbons (Fsp3) is 0.143. The van der Waals surface area contributed by atoms with Gasteiger partial charge in [-0.05, 0) is 30.2 Å². The number of hydrogen-bond acceptors (Lipinski definition) is 8. The Kier molecular flexibility index (Phi) is 4.44. The van der Waals surface area contributed by atoms with Crippen molar-refractivity contribution >= 4 is 29.0 Å². The third kappa shape index (κ3) is 3.19. The topological polar surface area (TPSA) is 137 Å². The molecule has 1 amide bonds. The smallest absolute Gasteiger partial charge is 0.292 e. The van der Waals surface area contributed by atoms with E-state index in [0.717, 1.165) is 4.68 Å². The maximum absolute atomic E-state index is 12.5. The number of aryl methyl sites for hydroxylation is 1. The monoisotopic (exact) mass is 360 g/mol. The lowest BCUT2D eigenvalue weighted by Crippen LogP contribution is -2.24. The second-order valence-electron chi connectivity index (χ2n) is 5.03. The summed E-state index contributed by atoms with van der Waals surface area (Å²) in [7, 11) is 0. The summed E-state index contributed by atoms with van der Waals surface area (Å²) in [5, 5.41) is 19.4. The van der Waals surface area contributed by atoms with Crippen LogP contribution in [-0.4, -0.2) is 36.9 Å². The first kappa shape index (κ1) is 16.6. The molecule has 10 nitrogen and oxygen atoms in total. The minimum absolute atomic E-state index is 0.0188. The number of benzene rings is 1. The van der Waals surface area contributed by atoms with E-state index in [2.05, 4.69) is 35.8 Å². The Morgan fingerprint density at radius 2 is 2.12 bits per heavy atom. The zero-order chi connectivity index (χ0) is 18.0. The molecule has 25 heavy (non-hydrogen) atoms. The standard InChI is InChI=1S/C14H13ClN8O2/c1-7(9-5-3-4-6-10(9)15)17-19-14(24)11-8(2)18-22-23(11)13-12(16)20-25-21-13/h3-6H,1-2H3,(H2,16,20)(H,19,24)/b17-7-. The Balaban J connectivity index is 1.88. The molecular formula is C14H13ClN8O2. The Labute approximate surface area is 146 Å². The molecule has 0 unspecified atom stereocenters. The molecule has 0 fully saturated rings. The number of amides is 1. The zero-order valence-corrected chi connectivity index (χ0v) is 14.0. The van der Waals surface area contributed by atoms with Crippen LogP contribution < -0.4 is 11.2 Å². The van der Waals surface area contributed by atoms with Crippen molar-refractivity contribution in [3.63, 3.8) is 0 Å². The van der Waals surface area contributed by atoms with Crippen LogP contribution >= 0.6 is 11.6 Å². The van der Waals surface area contributed by atoms with Crippen LogP contribution in [0.5, 0.6) is 0 Å². The summed E-state index contributed by atoms with van der Waals surface area (Å²) in [5.74, 6) is -0.497. The molecule has 128 valence electrons. The number of carbonyl (C=O) groups excluding carboxylic acids is 1. The summed E-state index contributed by atoms with van der Waals surface area (Å²) >= 11 is 6.11. The molecule has 3 rings (SSSR count). The molecule has 3 aromatic rings. The molecule has 0 atom stereocenters. The second kappa shape index (κ2) is 6.69. The zero-order valence-electron chi connectivity index (χ0n) is 13.3. The number of hydrogen-bond donors (Lipinski definition) is 2. The first-order chi connectivity index (χ1) is 12.0. The minimum atomic E-state index is -0.545. The van der Waals surface area contributed by atoms with E-state index in [1.54, 1.807) is 26.0 Å². The number of aromatic nitrogens is 5. The highest BCUT2D eigenvalue weighted by atomic mass is 35.5. The first-order valence-corrected chi connectivity index (χ1v) is 7.47. The van der Waals surface area contributed by atoms with Crippen LogP contribution in [0.15, 0.2) is 34.0 Å². The van der Waals surface area contributed by atoms with Gasteiger partial charge in [-0.1, -0.05) is 35.0 Å². The molecule has 3 N–H and O–H groups in total. The molecular weight excluding hydrogens is 348 g/mol. The highest BCUT2D eigenvalue weighted by molar-refractivity contribution is 6.34. The Bertz CT molecular complexity index is 961. The fourth-order valence-corrected chi connectivity index (χ4v) is 2.38. The van der Waals surface area contributed by atoms with Gasteiger partial charge in [0.1, 0.15) is 0 Å². The number of carbonyl (C=O) groups is 1. The third-order valence-corrected chi connectivity index (χ3v) is 3.67. The van der Waals surface area contributed by atoms with Gasteiger partial charge in [-0.3, -0.25) is 4.79 Å². The van der Waals surface area contributed by atoms with Gasteiger partial charge in [-0.15, -0.1) is 5.10 Å². The highest BCUT2D eigenvalue weighted by Gasteiger charge is 2.22. The molecule has 2 heterocycles. The van der Waals surface area contributed by atoms with Crippen molar-refractivity contribution in [1.82, 2.24) is 30.7 Å². The molecule has 0 bridgehead atoms. The summed E-state index contributed by atoms with van der Waals surface area (Å²) in [5.41, 5.74) is 9.80. The fourth-order valence-electron chi connectivity index (χ4n) is 2.11. The van der Waals surface area contributed by atoms with Crippen LogP contribution in [0.2, 0.25) is 5.02 Å². The number of halogens is 1. The number of nitrogen functional groups attached to an aromatic ring is 1. The van der Waals surface area contributed by atoms with Crippen molar-refractivity contribution in [2.24, 2.45) is 5.10 Å². The van der Waals surface area contributed by atoms with E-state index < -0.39 is 5.91 Å². The Hall–Kier alpha value is -3.27. The van der Waals surface area contributed by atoms with Crippen molar-refractivity contribution in [3.8, 4) is 5.82 Å². The molecule has 11 heteroatoms. The molecule has 0 spiro atoms. The van der Waals surface area contributed by atoms with Gasteiger partial charge in [0, 0.05) is 10.6 Å². The number of rotatable bonds is 4. The van der Waals surface area contributed by atoms with E-state index in [-0.39, 0.29) is 17.3 Å². The lowest BCUT2D eigenvalue weighted by molar-refractivity contribution is 0.0946. The molecule has 0 radical (unpaired) electrons. The van der Waals surface area contributed by atoms with Gasteiger partial charge >= 0.3 is 0 Å². The molecule has 0 aliphatic heterocycles. The minimum Gasteiger partial charge on any atom is -0.378 e. The summed E-state index contributed by atoms with van der Waals surface area (Å²) in [6.07, 6.45) is 0. The van der Waals surface area contributed by atoms with E-state index in [9.17, 15) is 4.79 Å². The lowest BCUT2D eigenvalue weighted by Gasteiger charge is -2.05. The van der Waals surface area contributed by atoms with Crippen LogP contribution in [-0.2, 0) is 0 Å². The normalized spacial score (nSPS) is 11.6. The van der Waals surface area contributed by atoms with Crippen molar-refractivity contribution in [3.05, 3.63) is 46.2 Å². The maximum Gasteiger partial charge on any atom is 0.292 e. The summed E-state index contributed by atoms with van der Waals surface area (Å²) in [6, 6.07) is 7.17.